The van der Waals surface area contributed by atoms with Crippen molar-refractivity contribution in [2.75, 3.05) is 26.4 Å². The van der Waals surface area contributed by atoms with Crippen molar-refractivity contribution in [1.82, 2.24) is 0 Å². The molecular formula is C24H43O5P. The Morgan fingerprint density at radius 2 is 1.33 bits per heavy atom. The summed E-state index contributed by atoms with van der Waals surface area (Å²) in [7, 11) is -3.55. The molecule has 1 unspecified atom stereocenters. The predicted molar refractivity (Wildman–Crippen MR) is 124 cm³/mol. The number of rotatable bonds is 19. The Morgan fingerprint density at radius 1 is 0.767 bits per heavy atom. The summed E-state index contributed by atoms with van der Waals surface area (Å²) in [5.74, 6) is 1.28. The molecule has 1 aromatic rings. The minimum atomic E-state index is -3.55. The van der Waals surface area contributed by atoms with Crippen LogP contribution in [-0.4, -0.2) is 26.4 Å². The molecule has 0 amide bonds. The molecule has 0 aliphatic heterocycles. The molecule has 0 saturated carbocycles. The number of hydrogen-bond donors (Lipinski definition) is 0. The molecule has 6 heteroatoms. The summed E-state index contributed by atoms with van der Waals surface area (Å²) in [5, 5.41) is 0. The van der Waals surface area contributed by atoms with Crippen LogP contribution < -0.4 is 4.74 Å². The molecule has 0 aliphatic carbocycles. The third-order valence-electron chi connectivity index (χ3n) is 5.15. The van der Waals surface area contributed by atoms with Gasteiger partial charge >= 0.3 is 7.82 Å². The van der Waals surface area contributed by atoms with Gasteiger partial charge in [0, 0.05) is 0 Å². The molecular weight excluding hydrogens is 399 g/mol. The van der Waals surface area contributed by atoms with Crippen LogP contribution in [0.1, 0.15) is 97.0 Å². The van der Waals surface area contributed by atoms with E-state index in [-0.39, 0.29) is 6.61 Å². The fourth-order valence-corrected chi connectivity index (χ4v) is 4.29. The van der Waals surface area contributed by atoms with Crippen LogP contribution in [0.5, 0.6) is 5.75 Å². The highest BCUT2D eigenvalue weighted by Gasteiger charge is 2.26. The van der Waals surface area contributed by atoms with Gasteiger partial charge < -0.3 is 4.74 Å². The van der Waals surface area contributed by atoms with Gasteiger partial charge in [-0.1, -0.05) is 84.4 Å². The molecule has 1 atom stereocenters. The van der Waals surface area contributed by atoms with E-state index in [0.29, 0.717) is 25.7 Å². The van der Waals surface area contributed by atoms with Crippen molar-refractivity contribution in [3.63, 3.8) is 0 Å². The van der Waals surface area contributed by atoms with E-state index in [1.54, 1.807) is 0 Å². The topological polar surface area (TPSA) is 54.0 Å². The molecule has 0 heterocycles. The summed E-state index contributed by atoms with van der Waals surface area (Å²) in [6, 6.07) is 8.05. The van der Waals surface area contributed by atoms with Crippen LogP contribution >= 0.6 is 7.82 Å². The lowest BCUT2D eigenvalue weighted by atomic mass is 9.98. The summed E-state index contributed by atoms with van der Waals surface area (Å²) >= 11 is 0. The lowest BCUT2D eigenvalue weighted by molar-refractivity contribution is 0.0971. The van der Waals surface area contributed by atoms with Crippen molar-refractivity contribution in [2.45, 2.75) is 91.4 Å². The highest BCUT2D eigenvalue weighted by atomic mass is 31.2. The third-order valence-corrected chi connectivity index (χ3v) is 6.64. The van der Waals surface area contributed by atoms with E-state index in [0.717, 1.165) is 63.5 Å². The summed E-state index contributed by atoms with van der Waals surface area (Å²) in [5.41, 5.74) is 1.18. The van der Waals surface area contributed by atoms with Crippen molar-refractivity contribution < 1.29 is 22.9 Å². The van der Waals surface area contributed by atoms with Crippen molar-refractivity contribution in [3.05, 3.63) is 29.8 Å². The number of unbranched alkanes of at least 4 members (excludes halogenated alkanes) is 6. The number of benzene rings is 1. The normalized spacial score (nSPS) is 12.8. The summed E-state index contributed by atoms with van der Waals surface area (Å²) in [6.07, 6.45) is 9.48. The van der Waals surface area contributed by atoms with Crippen LogP contribution in [0.15, 0.2) is 24.3 Å². The van der Waals surface area contributed by atoms with Gasteiger partial charge in [0.2, 0.25) is 0 Å². The van der Waals surface area contributed by atoms with Crippen LogP contribution in [0.3, 0.4) is 0 Å². The molecule has 0 saturated heterocycles. The molecule has 0 fully saturated rings. The average molecular weight is 443 g/mol. The lowest BCUT2D eigenvalue weighted by Gasteiger charge is -2.19. The van der Waals surface area contributed by atoms with E-state index in [1.807, 2.05) is 18.2 Å². The smallest absolute Gasteiger partial charge is 0.474 e. The Hall–Kier alpha value is -0.870. The van der Waals surface area contributed by atoms with Crippen LogP contribution in [0.2, 0.25) is 0 Å². The van der Waals surface area contributed by atoms with Gasteiger partial charge in [-0.2, -0.15) is 0 Å². The second kappa shape index (κ2) is 16.8. The Bertz CT molecular complexity index is 575. The summed E-state index contributed by atoms with van der Waals surface area (Å²) in [6.45, 7) is 9.92. The maximum absolute atomic E-state index is 13.0. The first-order chi connectivity index (χ1) is 14.6. The monoisotopic (exact) mass is 442 g/mol. The van der Waals surface area contributed by atoms with Gasteiger partial charge in [0.25, 0.3) is 0 Å². The first-order valence-electron chi connectivity index (χ1n) is 11.8. The first-order valence-corrected chi connectivity index (χ1v) is 13.3. The Morgan fingerprint density at radius 3 is 1.90 bits per heavy atom. The van der Waals surface area contributed by atoms with Gasteiger partial charge in [0.05, 0.1) is 19.8 Å². The van der Waals surface area contributed by atoms with Gasteiger partial charge in [-0.3, -0.25) is 13.6 Å². The molecule has 0 N–H and O–H groups in total. The van der Waals surface area contributed by atoms with Crippen LogP contribution in [0, 0.1) is 0 Å². The van der Waals surface area contributed by atoms with Crippen molar-refractivity contribution >= 4 is 7.82 Å². The number of para-hydroxylation sites is 1. The largest absolute Gasteiger partial charge is 0.491 e. The number of ether oxygens (including phenoxy) is 1. The zero-order valence-electron chi connectivity index (χ0n) is 19.6. The second-order valence-electron chi connectivity index (χ2n) is 7.76. The lowest BCUT2D eigenvalue weighted by Crippen LogP contribution is -2.10. The first kappa shape index (κ1) is 27.2. The fourth-order valence-electron chi connectivity index (χ4n) is 3.06. The average Bonchev–Trinajstić information content (AvgIpc) is 2.76. The van der Waals surface area contributed by atoms with E-state index in [2.05, 4.69) is 33.8 Å². The highest BCUT2D eigenvalue weighted by molar-refractivity contribution is 7.48. The molecule has 1 aromatic carbocycles. The third kappa shape index (κ3) is 11.5. The standard InChI is InChI=1S/C24H43O5P/c1-5-8-10-14-18-27-30(25,28-19-15-11-9-6-2)29-21-20-26-24-17-13-12-16-23(24)22(4)7-3/h12-13,16-17,22H,5-11,14-15,18-21H2,1-4H3. The van der Waals surface area contributed by atoms with Crippen molar-refractivity contribution in [3.8, 4) is 5.75 Å². The minimum absolute atomic E-state index is 0.163. The molecule has 0 bridgehead atoms. The predicted octanol–water partition coefficient (Wildman–Crippen LogP) is 7.90. The van der Waals surface area contributed by atoms with Crippen LogP contribution in [0.4, 0.5) is 0 Å². The van der Waals surface area contributed by atoms with E-state index in [9.17, 15) is 4.57 Å². The SMILES string of the molecule is CCCCCCOP(=O)(OCCCCCC)OCCOc1ccccc1C(C)CC. The van der Waals surface area contributed by atoms with E-state index in [1.165, 1.54) is 5.56 Å². The molecule has 0 aromatic heterocycles. The second-order valence-corrected chi connectivity index (χ2v) is 9.43. The summed E-state index contributed by atoms with van der Waals surface area (Å²) in [4.78, 5) is 0. The number of phosphoric acid groups is 1. The zero-order chi connectivity index (χ0) is 22.1. The molecule has 0 radical (unpaired) electrons. The Labute approximate surface area is 184 Å². The molecule has 0 aliphatic rings. The summed E-state index contributed by atoms with van der Waals surface area (Å²) < 4.78 is 35.6. The molecule has 174 valence electrons. The highest BCUT2D eigenvalue weighted by Crippen LogP contribution is 2.49. The number of hydrogen-bond acceptors (Lipinski definition) is 5. The van der Waals surface area contributed by atoms with Gasteiger partial charge in [-0.05, 0) is 36.8 Å². The molecule has 0 spiro atoms. The quantitative estimate of drug-likeness (QED) is 0.161. The molecule has 5 nitrogen and oxygen atoms in total. The fraction of sp³-hybridized carbons (Fsp3) is 0.750. The number of phosphoric ester groups is 1. The Balaban J connectivity index is 2.50. The van der Waals surface area contributed by atoms with Gasteiger partial charge in [-0.25, -0.2) is 4.57 Å². The maximum Gasteiger partial charge on any atom is 0.474 e. The maximum atomic E-state index is 13.0. The van der Waals surface area contributed by atoms with E-state index in [4.69, 9.17) is 18.3 Å². The Kier molecular flexibility index (Phi) is 15.2. The van der Waals surface area contributed by atoms with Gasteiger partial charge in [-0.15, -0.1) is 0 Å². The van der Waals surface area contributed by atoms with Crippen molar-refractivity contribution in [2.24, 2.45) is 0 Å². The van der Waals surface area contributed by atoms with Crippen molar-refractivity contribution in [1.29, 1.82) is 0 Å². The van der Waals surface area contributed by atoms with E-state index < -0.39 is 7.82 Å². The molecule has 30 heavy (non-hydrogen) atoms. The molecule has 1 rings (SSSR count). The van der Waals surface area contributed by atoms with Crippen LogP contribution in [0.25, 0.3) is 0 Å². The van der Waals surface area contributed by atoms with Gasteiger partial charge in [0.1, 0.15) is 12.4 Å². The van der Waals surface area contributed by atoms with Crippen LogP contribution in [-0.2, 0) is 18.1 Å². The minimum Gasteiger partial charge on any atom is -0.491 e. The van der Waals surface area contributed by atoms with E-state index >= 15 is 0 Å². The zero-order valence-corrected chi connectivity index (χ0v) is 20.5. The van der Waals surface area contributed by atoms with Gasteiger partial charge in [0.15, 0.2) is 0 Å².